The van der Waals surface area contributed by atoms with E-state index in [-0.39, 0.29) is 12.3 Å². The van der Waals surface area contributed by atoms with Crippen molar-refractivity contribution in [2.45, 2.75) is 20.3 Å². The zero-order valence-corrected chi connectivity index (χ0v) is 12.9. The molecule has 1 aromatic heterocycles. The Hall–Kier alpha value is -2.94. The first kappa shape index (κ1) is 17.1. The van der Waals surface area contributed by atoms with E-state index in [0.717, 1.165) is 11.3 Å². The van der Waals surface area contributed by atoms with Gasteiger partial charge < -0.3 is 10.6 Å². The zero-order valence-electron chi connectivity index (χ0n) is 12.9. The lowest BCUT2D eigenvalue weighted by atomic mass is 10.1. The summed E-state index contributed by atoms with van der Waals surface area (Å²) >= 11 is 0. The second-order valence-corrected chi connectivity index (χ2v) is 3.98. The van der Waals surface area contributed by atoms with Crippen LogP contribution < -0.4 is 10.6 Å². The average Bonchev–Trinajstić information content (AvgIpc) is 2.57. The molecule has 0 fully saturated rings. The third-order valence-electron chi connectivity index (χ3n) is 2.58. The van der Waals surface area contributed by atoms with Crippen LogP contribution in [0.2, 0.25) is 0 Å². The number of aromatic nitrogens is 2. The van der Waals surface area contributed by atoms with Gasteiger partial charge in [-0.1, -0.05) is 26.0 Å². The summed E-state index contributed by atoms with van der Waals surface area (Å²) in [7, 11) is 1.76. The van der Waals surface area contributed by atoms with Gasteiger partial charge in [-0.2, -0.15) is 5.26 Å². The molecule has 2 N–H and O–H groups in total. The Kier molecular flexibility index (Phi) is 7.06. The van der Waals surface area contributed by atoms with Gasteiger partial charge in [0.25, 0.3) is 0 Å². The number of carbonyl (C=O) groups excluding carboxylic acids is 1. The fraction of sp³-hybridized carbons (Fsp3) is 0.250. The van der Waals surface area contributed by atoms with Gasteiger partial charge in [-0.3, -0.25) is 4.79 Å². The molecule has 2 aromatic rings. The Bertz CT molecular complexity index is 646. The molecule has 114 valence electrons. The number of hydrogen-bond acceptors (Lipinski definition) is 5. The second-order valence-electron chi connectivity index (χ2n) is 3.98. The van der Waals surface area contributed by atoms with Crippen molar-refractivity contribution >= 4 is 17.5 Å². The quantitative estimate of drug-likeness (QED) is 0.905. The monoisotopic (exact) mass is 297 g/mol. The van der Waals surface area contributed by atoms with Gasteiger partial charge in [0.1, 0.15) is 6.42 Å². The molecule has 0 bridgehead atoms. The number of hydrogen-bond donors (Lipinski definition) is 2. The first-order valence-corrected chi connectivity index (χ1v) is 7.01. The number of benzene rings is 1. The highest BCUT2D eigenvalue weighted by Crippen LogP contribution is 2.20. The molecule has 0 saturated carbocycles. The molecule has 0 atom stereocenters. The molecule has 0 unspecified atom stereocenters. The van der Waals surface area contributed by atoms with E-state index in [2.05, 4.69) is 20.6 Å². The first-order chi connectivity index (χ1) is 10.7. The Balaban J connectivity index is 0.00000116. The fourth-order valence-corrected chi connectivity index (χ4v) is 1.64. The summed E-state index contributed by atoms with van der Waals surface area (Å²) in [4.78, 5) is 19.7. The molecular weight excluding hydrogens is 278 g/mol. The highest BCUT2D eigenvalue weighted by Gasteiger charge is 2.03. The van der Waals surface area contributed by atoms with Crippen molar-refractivity contribution in [3.63, 3.8) is 0 Å². The maximum atomic E-state index is 11.3. The summed E-state index contributed by atoms with van der Waals surface area (Å²) in [6.45, 7) is 4.00. The van der Waals surface area contributed by atoms with Crippen molar-refractivity contribution in [3.8, 4) is 17.3 Å². The van der Waals surface area contributed by atoms with Gasteiger partial charge in [0.15, 0.2) is 0 Å². The molecule has 1 amide bonds. The number of nitrogens with zero attached hydrogens (tertiary/aromatic N) is 3. The lowest BCUT2D eigenvalue weighted by Crippen LogP contribution is -2.09. The van der Waals surface area contributed by atoms with Gasteiger partial charge in [-0.05, 0) is 18.2 Å². The van der Waals surface area contributed by atoms with Crippen molar-refractivity contribution in [2.24, 2.45) is 0 Å². The summed E-state index contributed by atoms with van der Waals surface area (Å²) in [5.74, 6) is 0.230. The number of amides is 1. The standard InChI is InChI=1S/C14H13N5O.C2H6/c1-16-14-17-9-7-12(19-14)10-2-4-11(5-3-10)18-13(20)6-8-15;1-2/h2-5,7,9H,6H2,1H3,(H,18,20)(H,16,17,19);1-2H3. The molecule has 0 radical (unpaired) electrons. The lowest BCUT2D eigenvalue weighted by Gasteiger charge is -2.06. The van der Waals surface area contributed by atoms with Gasteiger partial charge in [0.05, 0.1) is 11.8 Å². The highest BCUT2D eigenvalue weighted by atomic mass is 16.1. The van der Waals surface area contributed by atoms with Crippen LogP contribution in [0.5, 0.6) is 0 Å². The Labute approximate surface area is 130 Å². The van der Waals surface area contributed by atoms with Crippen molar-refractivity contribution < 1.29 is 4.79 Å². The first-order valence-electron chi connectivity index (χ1n) is 7.01. The van der Waals surface area contributed by atoms with Crippen LogP contribution in [0.4, 0.5) is 11.6 Å². The molecule has 0 saturated heterocycles. The van der Waals surface area contributed by atoms with Crippen molar-refractivity contribution in [1.29, 1.82) is 5.26 Å². The molecule has 6 heteroatoms. The minimum atomic E-state index is -0.320. The van der Waals surface area contributed by atoms with E-state index >= 15 is 0 Å². The maximum absolute atomic E-state index is 11.3. The predicted molar refractivity (Wildman–Crippen MR) is 87.2 cm³/mol. The number of anilines is 2. The summed E-state index contributed by atoms with van der Waals surface area (Å²) in [5.41, 5.74) is 2.36. The summed E-state index contributed by atoms with van der Waals surface area (Å²) in [5, 5.41) is 13.9. The van der Waals surface area contributed by atoms with Crippen LogP contribution in [0.25, 0.3) is 11.3 Å². The SMILES string of the molecule is CC.CNc1nccc(-c2ccc(NC(=O)CC#N)cc2)n1. The van der Waals surface area contributed by atoms with Crippen LogP contribution in [-0.4, -0.2) is 22.9 Å². The molecule has 1 aromatic carbocycles. The largest absolute Gasteiger partial charge is 0.357 e. The summed E-state index contributed by atoms with van der Waals surface area (Å²) in [6, 6.07) is 10.9. The van der Waals surface area contributed by atoms with E-state index in [4.69, 9.17) is 5.26 Å². The number of nitriles is 1. The number of rotatable bonds is 4. The highest BCUT2D eigenvalue weighted by molar-refractivity contribution is 5.92. The van der Waals surface area contributed by atoms with Crippen LogP contribution in [0, 0.1) is 11.3 Å². The predicted octanol–water partition coefficient (Wildman–Crippen LogP) is 3.06. The van der Waals surface area contributed by atoms with Crippen LogP contribution in [0.15, 0.2) is 36.5 Å². The lowest BCUT2D eigenvalue weighted by molar-refractivity contribution is -0.115. The van der Waals surface area contributed by atoms with Crippen LogP contribution in [0.3, 0.4) is 0 Å². The van der Waals surface area contributed by atoms with E-state index in [1.54, 1.807) is 31.4 Å². The van der Waals surface area contributed by atoms with Gasteiger partial charge in [0.2, 0.25) is 11.9 Å². The molecule has 1 heterocycles. The molecule has 0 aliphatic carbocycles. The van der Waals surface area contributed by atoms with E-state index < -0.39 is 0 Å². The van der Waals surface area contributed by atoms with Crippen molar-refractivity contribution in [1.82, 2.24) is 9.97 Å². The molecule has 0 aliphatic heterocycles. The van der Waals surface area contributed by atoms with Crippen molar-refractivity contribution in [2.75, 3.05) is 17.7 Å². The van der Waals surface area contributed by atoms with Crippen LogP contribution in [-0.2, 0) is 4.79 Å². The third-order valence-corrected chi connectivity index (χ3v) is 2.58. The van der Waals surface area contributed by atoms with Crippen LogP contribution in [0.1, 0.15) is 20.3 Å². The number of nitrogens with one attached hydrogen (secondary N) is 2. The molecule has 22 heavy (non-hydrogen) atoms. The van der Waals surface area contributed by atoms with E-state index in [0.29, 0.717) is 11.6 Å². The average molecular weight is 297 g/mol. The Morgan fingerprint density at radius 3 is 2.50 bits per heavy atom. The minimum absolute atomic E-state index is 0.154. The molecule has 6 nitrogen and oxygen atoms in total. The van der Waals surface area contributed by atoms with Gasteiger partial charge in [-0.25, -0.2) is 9.97 Å². The third kappa shape index (κ3) is 4.87. The zero-order chi connectivity index (χ0) is 16.4. The molecule has 2 rings (SSSR count). The van der Waals surface area contributed by atoms with E-state index in [1.165, 1.54) is 0 Å². The van der Waals surface area contributed by atoms with Gasteiger partial charge >= 0.3 is 0 Å². The smallest absolute Gasteiger partial charge is 0.238 e. The molecule has 0 aliphatic rings. The minimum Gasteiger partial charge on any atom is -0.357 e. The van der Waals surface area contributed by atoms with Gasteiger partial charge in [0, 0.05) is 24.5 Å². The summed E-state index contributed by atoms with van der Waals surface area (Å²) in [6.07, 6.45) is 1.52. The van der Waals surface area contributed by atoms with E-state index in [1.807, 2.05) is 32.0 Å². The molecular formula is C16H19N5O. The van der Waals surface area contributed by atoms with Gasteiger partial charge in [-0.15, -0.1) is 0 Å². The Morgan fingerprint density at radius 1 is 1.23 bits per heavy atom. The van der Waals surface area contributed by atoms with E-state index in [9.17, 15) is 4.79 Å². The Morgan fingerprint density at radius 2 is 1.91 bits per heavy atom. The van der Waals surface area contributed by atoms with Crippen molar-refractivity contribution in [3.05, 3.63) is 36.5 Å². The summed E-state index contributed by atoms with van der Waals surface area (Å²) < 4.78 is 0. The topological polar surface area (TPSA) is 90.7 Å². The normalized spacial score (nSPS) is 9.00. The number of carbonyl (C=O) groups is 1. The second kappa shape index (κ2) is 9.08. The van der Waals surface area contributed by atoms with Crippen LogP contribution >= 0.6 is 0 Å². The maximum Gasteiger partial charge on any atom is 0.238 e. The fourth-order valence-electron chi connectivity index (χ4n) is 1.64. The molecule has 0 spiro atoms.